The zero-order chi connectivity index (χ0) is 14.7. The molecule has 0 unspecified atom stereocenters. The van der Waals surface area contributed by atoms with Crippen LogP contribution in [0.3, 0.4) is 0 Å². The molecule has 0 aliphatic heterocycles. The molecule has 0 radical (unpaired) electrons. The minimum absolute atomic E-state index is 0.182. The van der Waals surface area contributed by atoms with Gasteiger partial charge in [0.2, 0.25) is 0 Å². The van der Waals surface area contributed by atoms with Crippen molar-refractivity contribution in [2.45, 2.75) is 52.5 Å². The van der Waals surface area contributed by atoms with E-state index in [-0.39, 0.29) is 5.91 Å². The zero-order valence-corrected chi connectivity index (χ0v) is 14.2. The molecular formula is C17H24BrNO. The van der Waals surface area contributed by atoms with Crippen LogP contribution in [0.1, 0.15) is 55.5 Å². The van der Waals surface area contributed by atoms with Crippen LogP contribution in [0.5, 0.6) is 0 Å². The van der Waals surface area contributed by atoms with Crippen LogP contribution in [0, 0.1) is 12.8 Å². The molecule has 1 aromatic carbocycles. The van der Waals surface area contributed by atoms with Gasteiger partial charge in [-0.2, -0.15) is 0 Å². The zero-order valence-electron chi connectivity index (χ0n) is 12.7. The van der Waals surface area contributed by atoms with Gasteiger partial charge < -0.3 is 4.90 Å². The summed E-state index contributed by atoms with van der Waals surface area (Å²) < 4.78 is 0.941. The van der Waals surface area contributed by atoms with Crippen molar-refractivity contribution in [3.8, 4) is 0 Å². The molecule has 0 N–H and O–H groups in total. The van der Waals surface area contributed by atoms with E-state index in [4.69, 9.17) is 0 Å². The molecule has 1 aliphatic carbocycles. The molecule has 1 aliphatic rings. The van der Waals surface area contributed by atoms with Crippen LogP contribution in [-0.2, 0) is 0 Å². The summed E-state index contributed by atoms with van der Waals surface area (Å²) in [6.07, 6.45) is 4.81. The molecule has 1 amide bonds. The molecule has 1 saturated carbocycles. The van der Waals surface area contributed by atoms with Crippen molar-refractivity contribution in [2.75, 3.05) is 6.54 Å². The van der Waals surface area contributed by atoms with Crippen molar-refractivity contribution in [1.82, 2.24) is 4.90 Å². The van der Waals surface area contributed by atoms with Crippen LogP contribution in [-0.4, -0.2) is 23.4 Å². The number of hydrogen-bond donors (Lipinski definition) is 0. The highest BCUT2D eigenvalue weighted by atomic mass is 79.9. The molecule has 0 atom stereocenters. The van der Waals surface area contributed by atoms with Crippen LogP contribution in [0.2, 0.25) is 0 Å². The average molecular weight is 338 g/mol. The number of hydrogen-bond acceptors (Lipinski definition) is 1. The van der Waals surface area contributed by atoms with Crippen molar-refractivity contribution >= 4 is 21.8 Å². The number of halogens is 1. The van der Waals surface area contributed by atoms with E-state index in [1.807, 2.05) is 25.1 Å². The standard InChI is InChI=1S/C17H24BrNO/c1-12(2)11-19(14-8-4-5-9-14)17(20)15-10-6-7-13(3)16(15)18/h6-7,10,12,14H,4-5,8-9,11H2,1-3H3. The molecule has 3 heteroatoms. The average Bonchev–Trinajstić information content (AvgIpc) is 2.92. The maximum absolute atomic E-state index is 12.9. The SMILES string of the molecule is Cc1cccc(C(=O)N(CC(C)C)C2CCCC2)c1Br. The molecule has 0 spiro atoms. The van der Waals surface area contributed by atoms with E-state index in [1.54, 1.807) is 0 Å². The molecule has 20 heavy (non-hydrogen) atoms. The molecule has 1 fully saturated rings. The van der Waals surface area contributed by atoms with Crippen LogP contribution in [0.15, 0.2) is 22.7 Å². The van der Waals surface area contributed by atoms with Gasteiger partial charge in [0.05, 0.1) is 5.56 Å². The van der Waals surface area contributed by atoms with Crippen molar-refractivity contribution in [2.24, 2.45) is 5.92 Å². The van der Waals surface area contributed by atoms with E-state index in [9.17, 15) is 4.79 Å². The number of carbonyl (C=O) groups excluding carboxylic acids is 1. The van der Waals surface area contributed by atoms with Gasteiger partial charge >= 0.3 is 0 Å². The number of benzene rings is 1. The maximum atomic E-state index is 12.9. The second kappa shape index (κ2) is 6.75. The number of aryl methyl sites for hydroxylation is 1. The lowest BCUT2D eigenvalue weighted by Crippen LogP contribution is -2.41. The molecule has 110 valence electrons. The highest BCUT2D eigenvalue weighted by Gasteiger charge is 2.28. The van der Waals surface area contributed by atoms with Gasteiger partial charge in [0.25, 0.3) is 5.91 Å². The fourth-order valence-electron chi connectivity index (χ4n) is 2.97. The Balaban J connectivity index is 2.27. The van der Waals surface area contributed by atoms with Gasteiger partial charge in [-0.05, 0) is 53.2 Å². The largest absolute Gasteiger partial charge is 0.335 e. The first-order valence-electron chi connectivity index (χ1n) is 7.56. The lowest BCUT2D eigenvalue weighted by atomic mass is 10.1. The van der Waals surface area contributed by atoms with Gasteiger partial charge in [-0.15, -0.1) is 0 Å². The molecule has 1 aromatic rings. The van der Waals surface area contributed by atoms with E-state index in [0.29, 0.717) is 12.0 Å². The van der Waals surface area contributed by atoms with E-state index >= 15 is 0 Å². The van der Waals surface area contributed by atoms with Crippen molar-refractivity contribution in [3.05, 3.63) is 33.8 Å². The molecule has 0 heterocycles. The van der Waals surface area contributed by atoms with Gasteiger partial charge in [-0.3, -0.25) is 4.79 Å². The highest BCUT2D eigenvalue weighted by molar-refractivity contribution is 9.10. The highest BCUT2D eigenvalue weighted by Crippen LogP contribution is 2.28. The van der Waals surface area contributed by atoms with Crippen LogP contribution < -0.4 is 0 Å². The fourth-order valence-corrected chi connectivity index (χ4v) is 3.41. The first-order valence-corrected chi connectivity index (χ1v) is 8.36. The van der Waals surface area contributed by atoms with Gasteiger partial charge in [0, 0.05) is 17.1 Å². The van der Waals surface area contributed by atoms with Crippen LogP contribution in [0.4, 0.5) is 0 Å². The lowest BCUT2D eigenvalue weighted by Gasteiger charge is -2.31. The summed E-state index contributed by atoms with van der Waals surface area (Å²) in [5.74, 6) is 0.685. The molecule has 2 nitrogen and oxygen atoms in total. The predicted octanol–water partition coefficient (Wildman–Crippen LogP) is 4.80. The summed E-state index contributed by atoms with van der Waals surface area (Å²) in [5.41, 5.74) is 1.92. The van der Waals surface area contributed by atoms with Crippen molar-refractivity contribution < 1.29 is 4.79 Å². The first-order chi connectivity index (χ1) is 9.50. The second-order valence-electron chi connectivity index (χ2n) is 6.23. The summed E-state index contributed by atoms with van der Waals surface area (Å²) in [6, 6.07) is 6.36. The number of amides is 1. The molecule has 0 aromatic heterocycles. The quantitative estimate of drug-likeness (QED) is 0.772. The third kappa shape index (κ3) is 3.43. The Morgan fingerprint density at radius 3 is 2.60 bits per heavy atom. The normalized spacial score (nSPS) is 15.8. The Morgan fingerprint density at radius 2 is 2.00 bits per heavy atom. The fraction of sp³-hybridized carbons (Fsp3) is 0.588. The minimum atomic E-state index is 0.182. The number of carbonyl (C=O) groups is 1. The maximum Gasteiger partial charge on any atom is 0.255 e. The summed E-state index contributed by atoms with van der Waals surface area (Å²) in [6.45, 7) is 7.24. The van der Waals surface area contributed by atoms with E-state index in [1.165, 1.54) is 12.8 Å². The second-order valence-corrected chi connectivity index (χ2v) is 7.02. The third-order valence-corrected chi connectivity index (χ3v) is 5.06. The first kappa shape index (κ1) is 15.6. The van der Waals surface area contributed by atoms with Gasteiger partial charge in [-0.1, -0.05) is 38.8 Å². The summed E-state index contributed by atoms with van der Waals surface area (Å²) in [7, 11) is 0. The van der Waals surface area contributed by atoms with Gasteiger partial charge in [0.15, 0.2) is 0 Å². The predicted molar refractivity (Wildman–Crippen MR) is 87.0 cm³/mol. The smallest absolute Gasteiger partial charge is 0.255 e. The molecule has 2 rings (SSSR count). The summed E-state index contributed by atoms with van der Waals surface area (Å²) in [5, 5.41) is 0. The van der Waals surface area contributed by atoms with E-state index in [2.05, 4.69) is 34.7 Å². The third-order valence-electron chi connectivity index (χ3n) is 4.01. The van der Waals surface area contributed by atoms with Crippen molar-refractivity contribution in [3.63, 3.8) is 0 Å². The van der Waals surface area contributed by atoms with Gasteiger partial charge in [0.1, 0.15) is 0 Å². The Bertz CT molecular complexity index is 478. The van der Waals surface area contributed by atoms with Crippen LogP contribution in [0.25, 0.3) is 0 Å². The van der Waals surface area contributed by atoms with E-state index in [0.717, 1.165) is 35.0 Å². The molecule has 0 saturated heterocycles. The van der Waals surface area contributed by atoms with Crippen molar-refractivity contribution in [1.29, 1.82) is 0 Å². The lowest BCUT2D eigenvalue weighted by molar-refractivity contribution is 0.0654. The minimum Gasteiger partial charge on any atom is -0.335 e. The summed E-state index contributed by atoms with van der Waals surface area (Å²) >= 11 is 3.58. The Morgan fingerprint density at radius 1 is 1.35 bits per heavy atom. The Kier molecular flexibility index (Phi) is 5.25. The Hall–Kier alpha value is -0.830. The van der Waals surface area contributed by atoms with Gasteiger partial charge in [-0.25, -0.2) is 0 Å². The Labute approximate surface area is 130 Å². The van der Waals surface area contributed by atoms with E-state index < -0.39 is 0 Å². The topological polar surface area (TPSA) is 20.3 Å². The number of nitrogens with zero attached hydrogens (tertiary/aromatic N) is 1. The number of rotatable bonds is 4. The molecule has 0 bridgehead atoms. The summed E-state index contributed by atoms with van der Waals surface area (Å²) in [4.78, 5) is 15.0. The monoisotopic (exact) mass is 337 g/mol. The molecular weight excluding hydrogens is 314 g/mol. The van der Waals surface area contributed by atoms with Crippen LogP contribution >= 0.6 is 15.9 Å².